The molecule has 0 spiro atoms. The Labute approximate surface area is 141 Å². The lowest BCUT2D eigenvalue weighted by Crippen LogP contribution is -2.08. The van der Waals surface area contributed by atoms with Crippen molar-refractivity contribution in [3.05, 3.63) is 65.7 Å². The van der Waals surface area contributed by atoms with Crippen molar-refractivity contribution >= 4 is 11.9 Å². The predicted molar refractivity (Wildman–Crippen MR) is 88.3 cm³/mol. The van der Waals surface area contributed by atoms with Crippen LogP contribution in [0.25, 0.3) is 0 Å². The van der Waals surface area contributed by atoms with Gasteiger partial charge in [-0.05, 0) is 23.3 Å². The molecule has 0 aromatic heterocycles. The Morgan fingerprint density at radius 1 is 0.792 bits per heavy atom. The van der Waals surface area contributed by atoms with E-state index in [4.69, 9.17) is 9.47 Å². The van der Waals surface area contributed by atoms with Crippen molar-refractivity contribution in [2.75, 3.05) is 7.11 Å². The highest BCUT2D eigenvalue weighted by Gasteiger charge is 2.08. The SMILES string of the molecule is COC(=O)CCC(=O)OCc1ccc(OCc2ccccc2)cc1. The second kappa shape index (κ2) is 9.35. The summed E-state index contributed by atoms with van der Waals surface area (Å²) in [5.74, 6) is -0.101. The predicted octanol–water partition coefficient (Wildman–Crippen LogP) is 3.26. The maximum atomic E-state index is 11.5. The molecular weight excluding hydrogens is 308 g/mol. The molecule has 0 saturated carbocycles. The van der Waals surface area contributed by atoms with Crippen molar-refractivity contribution in [2.24, 2.45) is 0 Å². The summed E-state index contributed by atoms with van der Waals surface area (Å²) in [6.45, 7) is 0.668. The molecule has 0 aliphatic rings. The van der Waals surface area contributed by atoms with Gasteiger partial charge in [-0.1, -0.05) is 42.5 Å². The van der Waals surface area contributed by atoms with Gasteiger partial charge in [0, 0.05) is 0 Å². The zero-order valence-electron chi connectivity index (χ0n) is 13.6. The highest BCUT2D eigenvalue weighted by atomic mass is 16.5. The highest BCUT2D eigenvalue weighted by Crippen LogP contribution is 2.15. The number of methoxy groups -OCH3 is 1. The fourth-order valence-electron chi connectivity index (χ4n) is 1.96. The molecule has 5 heteroatoms. The summed E-state index contributed by atoms with van der Waals surface area (Å²) in [6.07, 6.45) is 0.0482. The van der Waals surface area contributed by atoms with E-state index in [0.717, 1.165) is 16.9 Å². The molecule has 0 radical (unpaired) electrons. The van der Waals surface area contributed by atoms with Crippen LogP contribution in [0.2, 0.25) is 0 Å². The lowest BCUT2D eigenvalue weighted by Gasteiger charge is -2.08. The summed E-state index contributed by atoms with van der Waals surface area (Å²) in [6, 6.07) is 17.3. The maximum absolute atomic E-state index is 11.5. The second-order valence-electron chi connectivity index (χ2n) is 5.16. The van der Waals surface area contributed by atoms with E-state index in [2.05, 4.69) is 4.74 Å². The molecule has 0 bridgehead atoms. The van der Waals surface area contributed by atoms with Gasteiger partial charge in [0.25, 0.3) is 0 Å². The standard InChI is InChI=1S/C19H20O5/c1-22-18(20)11-12-19(21)24-14-16-7-9-17(10-8-16)23-13-15-5-3-2-4-6-15/h2-10H,11-14H2,1H3. The summed E-state index contributed by atoms with van der Waals surface area (Å²) in [4.78, 5) is 22.5. The number of rotatable bonds is 8. The molecule has 0 heterocycles. The number of benzene rings is 2. The van der Waals surface area contributed by atoms with E-state index in [9.17, 15) is 9.59 Å². The molecule has 5 nitrogen and oxygen atoms in total. The van der Waals surface area contributed by atoms with E-state index in [1.165, 1.54) is 7.11 Å². The number of ether oxygens (including phenoxy) is 3. The molecule has 126 valence electrons. The van der Waals surface area contributed by atoms with Crippen molar-refractivity contribution in [1.82, 2.24) is 0 Å². The molecule has 0 aliphatic carbocycles. The van der Waals surface area contributed by atoms with E-state index in [-0.39, 0.29) is 19.4 Å². The number of hydrogen-bond donors (Lipinski definition) is 0. The van der Waals surface area contributed by atoms with Crippen molar-refractivity contribution in [3.63, 3.8) is 0 Å². The third-order valence-corrected chi connectivity index (χ3v) is 3.33. The van der Waals surface area contributed by atoms with Crippen LogP contribution in [0.4, 0.5) is 0 Å². The van der Waals surface area contributed by atoms with Crippen LogP contribution in [0, 0.1) is 0 Å². The van der Waals surface area contributed by atoms with Crippen molar-refractivity contribution in [3.8, 4) is 5.75 Å². The third kappa shape index (κ3) is 6.12. The maximum Gasteiger partial charge on any atom is 0.306 e. The van der Waals surface area contributed by atoms with Crippen LogP contribution in [-0.4, -0.2) is 19.0 Å². The Hall–Kier alpha value is -2.82. The van der Waals surface area contributed by atoms with Gasteiger partial charge in [-0.3, -0.25) is 9.59 Å². The number of carbonyl (C=O) groups excluding carboxylic acids is 2. The molecule has 24 heavy (non-hydrogen) atoms. The minimum Gasteiger partial charge on any atom is -0.489 e. The molecule has 0 atom stereocenters. The average Bonchev–Trinajstić information content (AvgIpc) is 2.64. The van der Waals surface area contributed by atoms with Gasteiger partial charge in [-0.2, -0.15) is 0 Å². The van der Waals surface area contributed by atoms with Gasteiger partial charge in [0.05, 0.1) is 20.0 Å². The normalized spacial score (nSPS) is 10.0. The highest BCUT2D eigenvalue weighted by molar-refractivity contribution is 5.77. The van der Waals surface area contributed by atoms with Crippen molar-refractivity contribution < 1.29 is 23.8 Å². The van der Waals surface area contributed by atoms with Crippen molar-refractivity contribution in [1.29, 1.82) is 0 Å². The Morgan fingerprint density at radius 2 is 1.42 bits per heavy atom. The van der Waals surface area contributed by atoms with Crippen LogP contribution in [-0.2, 0) is 32.3 Å². The zero-order chi connectivity index (χ0) is 17.2. The number of hydrogen-bond acceptors (Lipinski definition) is 5. The second-order valence-corrected chi connectivity index (χ2v) is 5.16. The van der Waals surface area contributed by atoms with E-state index in [1.54, 1.807) is 0 Å². The molecule has 0 aliphatic heterocycles. The number of esters is 2. The monoisotopic (exact) mass is 328 g/mol. The van der Waals surface area contributed by atoms with Crippen LogP contribution >= 0.6 is 0 Å². The van der Waals surface area contributed by atoms with Gasteiger partial charge in [0.1, 0.15) is 19.0 Å². The van der Waals surface area contributed by atoms with Crippen molar-refractivity contribution in [2.45, 2.75) is 26.1 Å². The average molecular weight is 328 g/mol. The van der Waals surface area contributed by atoms with E-state index < -0.39 is 11.9 Å². The fourth-order valence-corrected chi connectivity index (χ4v) is 1.96. The lowest BCUT2D eigenvalue weighted by atomic mass is 10.2. The van der Waals surface area contributed by atoms with Gasteiger partial charge in [-0.15, -0.1) is 0 Å². The minimum atomic E-state index is -0.426. The summed E-state index contributed by atoms with van der Waals surface area (Å²) < 4.78 is 15.3. The largest absolute Gasteiger partial charge is 0.489 e. The molecular formula is C19H20O5. The van der Waals surface area contributed by atoms with Crippen LogP contribution < -0.4 is 4.74 Å². The first-order valence-electron chi connectivity index (χ1n) is 7.65. The fraction of sp³-hybridized carbons (Fsp3) is 0.263. The van der Waals surface area contributed by atoms with Crippen LogP contribution in [0.15, 0.2) is 54.6 Å². The molecule has 0 N–H and O–H groups in total. The lowest BCUT2D eigenvalue weighted by molar-refractivity contribution is -0.149. The third-order valence-electron chi connectivity index (χ3n) is 3.33. The summed E-state index contributed by atoms with van der Waals surface area (Å²) >= 11 is 0. The minimum absolute atomic E-state index is 0.0188. The molecule has 0 unspecified atom stereocenters. The Morgan fingerprint density at radius 3 is 2.08 bits per heavy atom. The molecule has 2 aromatic carbocycles. The summed E-state index contributed by atoms with van der Waals surface area (Å²) in [7, 11) is 1.29. The van der Waals surface area contributed by atoms with Gasteiger partial charge in [0.15, 0.2) is 0 Å². The molecule has 2 rings (SSSR count). The smallest absolute Gasteiger partial charge is 0.306 e. The summed E-state index contributed by atoms with van der Waals surface area (Å²) in [5.41, 5.74) is 1.95. The zero-order valence-corrected chi connectivity index (χ0v) is 13.6. The van der Waals surface area contributed by atoms with Crippen LogP contribution in [0.5, 0.6) is 5.75 Å². The quantitative estimate of drug-likeness (QED) is 0.696. The Bertz CT molecular complexity index is 649. The van der Waals surface area contributed by atoms with Gasteiger partial charge >= 0.3 is 11.9 Å². The van der Waals surface area contributed by atoms with E-state index >= 15 is 0 Å². The number of carbonyl (C=O) groups is 2. The topological polar surface area (TPSA) is 61.8 Å². The molecule has 2 aromatic rings. The molecule has 0 fully saturated rings. The molecule has 0 saturated heterocycles. The first-order chi connectivity index (χ1) is 11.7. The molecule has 0 amide bonds. The summed E-state index contributed by atoms with van der Waals surface area (Å²) in [5, 5.41) is 0. The van der Waals surface area contributed by atoms with Crippen LogP contribution in [0.1, 0.15) is 24.0 Å². The van der Waals surface area contributed by atoms with Gasteiger partial charge in [-0.25, -0.2) is 0 Å². The van der Waals surface area contributed by atoms with E-state index in [0.29, 0.717) is 6.61 Å². The van der Waals surface area contributed by atoms with Crippen LogP contribution in [0.3, 0.4) is 0 Å². The first-order valence-corrected chi connectivity index (χ1v) is 7.65. The van der Waals surface area contributed by atoms with Gasteiger partial charge in [0.2, 0.25) is 0 Å². The first kappa shape index (κ1) is 17.5. The Kier molecular flexibility index (Phi) is 6.83. The van der Waals surface area contributed by atoms with E-state index in [1.807, 2.05) is 54.6 Å². The van der Waals surface area contributed by atoms with Gasteiger partial charge < -0.3 is 14.2 Å². The Balaban J connectivity index is 1.73.